The maximum Gasteiger partial charge on any atom is 0.374 e. The molecule has 1 aromatic heterocycles. The van der Waals surface area contributed by atoms with E-state index >= 15 is 0 Å². The van der Waals surface area contributed by atoms with Gasteiger partial charge < -0.3 is 0 Å². The lowest BCUT2D eigenvalue weighted by Crippen LogP contribution is -2.07. The van der Waals surface area contributed by atoms with Gasteiger partial charge in [-0.15, -0.1) is 0 Å². The van der Waals surface area contributed by atoms with Crippen LogP contribution in [0.1, 0.15) is 20.7 Å². The Kier molecular flexibility index (Phi) is 6.57. The van der Waals surface area contributed by atoms with Crippen LogP contribution in [0.2, 0.25) is 0 Å². The van der Waals surface area contributed by atoms with Gasteiger partial charge in [0.2, 0.25) is 0 Å². The van der Waals surface area contributed by atoms with Gasteiger partial charge in [-0.2, -0.15) is 18.9 Å². The molecule has 0 aliphatic heterocycles. The van der Waals surface area contributed by atoms with E-state index in [2.05, 4.69) is 14.8 Å². The number of nitrogens with zero attached hydrogens (tertiary/aromatic N) is 1. The highest BCUT2D eigenvalue weighted by Gasteiger charge is 2.13. The van der Waals surface area contributed by atoms with Crippen LogP contribution in [0.4, 0.5) is 0 Å². The van der Waals surface area contributed by atoms with Crippen molar-refractivity contribution in [2.24, 2.45) is 0 Å². The second-order valence-corrected chi connectivity index (χ2v) is 4.42. The summed E-state index contributed by atoms with van der Waals surface area (Å²) in [7, 11) is -3.67. The van der Waals surface area contributed by atoms with Crippen molar-refractivity contribution in [2.75, 3.05) is 6.26 Å². The minimum atomic E-state index is -3.67. The highest BCUT2D eigenvalue weighted by atomic mass is 32.2. The average molecular weight is 295 g/mol. The molecule has 10 nitrogen and oxygen atoms in total. The van der Waals surface area contributed by atoms with Gasteiger partial charge in [-0.3, -0.25) is 19.3 Å². The lowest BCUT2D eigenvalue weighted by atomic mass is 10.2. The van der Waals surface area contributed by atoms with Crippen molar-refractivity contribution >= 4 is 22.1 Å². The fourth-order valence-electron chi connectivity index (χ4n) is 0.769. The molecule has 0 atom stereocenters. The molecule has 106 valence electrons. The first kappa shape index (κ1) is 16.9. The summed E-state index contributed by atoms with van der Waals surface area (Å²) in [4.78, 5) is 31.8. The van der Waals surface area contributed by atoms with E-state index in [0.29, 0.717) is 6.26 Å². The predicted octanol–water partition coefficient (Wildman–Crippen LogP) is -0.155. The van der Waals surface area contributed by atoms with Crippen molar-refractivity contribution < 1.29 is 42.8 Å². The Bertz CT molecular complexity index is 514. The molecule has 0 unspecified atom stereocenters. The van der Waals surface area contributed by atoms with E-state index < -0.39 is 22.1 Å². The Hall–Kier alpha value is -2.08. The second-order valence-electron chi connectivity index (χ2n) is 2.95. The zero-order valence-corrected chi connectivity index (χ0v) is 10.2. The van der Waals surface area contributed by atoms with E-state index in [1.165, 1.54) is 0 Å². The summed E-state index contributed by atoms with van der Waals surface area (Å²) >= 11 is 0. The molecular weight excluding hydrogens is 286 g/mol. The monoisotopic (exact) mass is 295 g/mol. The summed E-state index contributed by atoms with van der Waals surface area (Å²) in [5.74, 6) is -2.13. The normalized spacial score (nSPS) is 9.89. The molecule has 0 fully saturated rings. The number of aromatic nitrogens is 1. The standard InChI is InChI=1S/C7H5NO6.CH4O3S/c9-6(13-11)4-1-5(3-8-2-4)7(10)14-12;1-5(2,3)4/h1-3,11-12H;1H3,(H,2,3,4). The zero-order chi connectivity index (χ0) is 15.1. The summed E-state index contributed by atoms with van der Waals surface area (Å²) in [6.45, 7) is 0. The van der Waals surface area contributed by atoms with Crippen molar-refractivity contribution in [3.63, 3.8) is 0 Å². The molecule has 0 saturated carbocycles. The first-order valence-electron chi connectivity index (χ1n) is 4.28. The second kappa shape index (κ2) is 7.38. The molecule has 0 aromatic carbocycles. The Morgan fingerprint density at radius 3 is 1.68 bits per heavy atom. The fraction of sp³-hybridized carbons (Fsp3) is 0.125. The van der Waals surface area contributed by atoms with E-state index in [-0.39, 0.29) is 11.1 Å². The molecule has 19 heavy (non-hydrogen) atoms. The van der Waals surface area contributed by atoms with E-state index in [9.17, 15) is 18.0 Å². The maximum atomic E-state index is 10.7. The predicted molar refractivity (Wildman–Crippen MR) is 57.8 cm³/mol. The van der Waals surface area contributed by atoms with Gasteiger partial charge in [0, 0.05) is 12.4 Å². The van der Waals surface area contributed by atoms with Crippen LogP contribution in [0.25, 0.3) is 0 Å². The van der Waals surface area contributed by atoms with Crippen molar-refractivity contribution in [3.05, 3.63) is 29.6 Å². The number of hydrogen-bond donors (Lipinski definition) is 3. The molecule has 1 rings (SSSR count). The zero-order valence-electron chi connectivity index (χ0n) is 9.38. The summed E-state index contributed by atoms with van der Waals surface area (Å²) in [6.07, 6.45) is 2.87. The highest BCUT2D eigenvalue weighted by Crippen LogP contribution is 2.05. The molecule has 11 heteroatoms. The Morgan fingerprint density at radius 2 is 1.42 bits per heavy atom. The van der Waals surface area contributed by atoms with E-state index in [1.807, 2.05) is 0 Å². The van der Waals surface area contributed by atoms with Crippen LogP contribution >= 0.6 is 0 Å². The SMILES string of the molecule is CS(=O)(=O)O.O=C(OO)c1cncc(C(=O)OO)c1. The lowest BCUT2D eigenvalue weighted by molar-refractivity contribution is -0.183. The van der Waals surface area contributed by atoms with Gasteiger partial charge in [-0.1, -0.05) is 0 Å². The van der Waals surface area contributed by atoms with Crippen LogP contribution in [-0.2, 0) is 19.9 Å². The number of hydrogen-bond acceptors (Lipinski definition) is 9. The van der Waals surface area contributed by atoms with Gasteiger partial charge >= 0.3 is 11.9 Å². The highest BCUT2D eigenvalue weighted by molar-refractivity contribution is 7.85. The first-order valence-corrected chi connectivity index (χ1v) is 6.13. The number of carbonyl (C=O) groups excluding carboxylic acids is 2. The molecule has 0 radical (unpaired) electrons. The molecule has 3 N–H and O–H groups in total. The van der Waals surface area contributed by atoms with Gasteiger partial charge in [0.15, 0.2) is 0 Å². The minimum absolute atomic E-state index is 0.143. The molecular formula is C8H9NO9S. The fourth-order valence-corrected chi connectivity index (χ4v) is 0.769. The van der Waals surface area contributed by atoms with Crippen LogP contribution in [0.3, 0.4) is 0 Å². The van der Waals surface area contributed by atoms with Crippen molar-refractivity contribution in [1.29, 1.82) is 0 Å². The Morgan fingerprint density at radius 1 is 1.11 bits per heavy atom. The topological polar surface area (TPSA) is 160 Å². The summed E-state index contributed by atoms with van der Waals surface area (Å²) in [6, 6.07) is 1.05. The van der Waals surface area contributed by atoms with Crippen LogP contribution in [0.15, 0.2) is 18.5 Å². The van der Waals surface area contributed by atoms with Crippen molar-refractivity contribution in [1.82, 2.24) is 4.98 Å². The number of rotatable bonds is 2. The largest absolute Gasteiger partial charge is 0.374 e. The number of carbonyl (C=O) groups is 2. The third-order valence-corrected chi connectivity index (χ3v) is 1.38. The van der Waals surface area contributed by atoms with Gasteiger partial charge in [-0.25, -0.2) is 9.59 Å². The van der Waals surface area contributed by atoms with Gasteiger partial charge in [0.05, 0.1) is 17.4 Å². The quantitative estimate of drug-likeness (QED) is 0.380. The van der Waals surface area contributed by atoms with Gasteiger partial charge in [0.1, 0.15) is 0 Å². The Labute approximate surface area is 106 Å². The van der Waals surface area contributed by atoms with E-state index in [0.717, 1.165) is 18.5 Å². The average Bonchev–Trinajstić information content (AvgIpc) is 2.35. The summed E-state index contributed by atoms with van der Waals surface area (Å²) < 4.78 is 25.9. The van der Waals surface area contributed by atoms with E-state index in [4.69, 9.17) is 15.1 Å². The Balaban J connectivity index is 0.000000555. The van der Waals surface area contributed by atoms with Crippen LogP contribution in [0, 0.1) is 0 Å². The van der Waals surface area contributed by atoms with Crippen LogP contribution in [-0.4, -0.2) is 46.7 Å². The maximum absolute atomic E-state index is 10.7. The van der Waals surface area contributed by atoms with Crippen LogP contribution in [0.5, 0.6) is 0 Å². The molecule has 0 aliphatic rings. The third kappa shape index (κ3) is 7.77. The number of pyridine rings is 1. The molecule has 0 bridgehead atoms. The molecule has 0 saturated heterocycles. The van der Waals surface area contributed by atoms with Gasteiger partial charge in [-0.05, 0) is 6.07 Å². The molecule has 1 aromatic rings. The molecule has 0 spiro atoms. The summed E-state index contributed by atoms with van der Waals surface area (Å²) in [5, 5.41) is 16.1. The lowest BCUT2D eigenvalue weighted by Gasteiger charge is -1.98. The van der Waals surface area contributed by atoms with Crippen molar-refractivity contribution in [3.8, 4) is 0 Å². The molecule has 1 heterocycles. The van der Waals surface area contributed by atoms with Gasteiger partial charge in [0.25, 0.3) is 10.1 Å². The smallest absolute Gasteiger partial charge is 0.295 e. The summed E-state index contributed by atoms with van der Waals surface area (Å²) in [5.41, 5.74) is -0.286. The minimum Gasteiger partial charge on any atom is -0.295 e. The third-order valence-electron chi connectivity index (χ3n) is 1.38. The first-order chi connectivity index (χ1) is 8.69. The molecule has 0 aliphatic carbocycles. The molecule has 0 amide bonds. The van der Waals surface area contributed by atoms with Crippen molar-refractivity contribution in [2.45, 2.75) is 0 Å². The van der Waals surface area contributed by atoms with E-state index in [1.54, 1.807) is 0 Å². The van der Waals surface area contributed by atoms with Crippen LogP contribution < -0.4 is 0 Å².